The number of hydrogen-bond donors (Lipinski definition) is 1. The van der Waals surface area contributed by atoms with Crippen molar-refractivity contribution in [1.82, 2.24) is 15.2 Å². The first-order chi connectivity index (χ1) is 7.12. The Labute approximate surface area is 95.5 Å². The zero-order chi connectivity index (χ0) is 10.9. The molecule has 1 saturated heterocycles. The molecule has 1 unspecified atom stereocenters. The van der Waals surface area contributed by atoms with Crippen LogP contribution in [0.2, 0.25) is 0 Å². The van der Waals surface area contributed by atoms with E-state index in [0.29, 0.717) is 6.04 Å². The summed E-state index contributed by atoms with van der Waals surface area (Å²) >= 11 is 1.76. The van der Waals surface area contributed by atoms with E-state index in [1.165, 1.54) is 5.01 Å². The Bertz CT molecular complexity index is 310. The van der Waals surface area contributed by atoms with Crippen molar-refractivity contribution < 1.29 is 0 Å². The van der Waals surface area contributed by atoms with Crippen molar-refractivity contribution in [2.75, 3.05) is 20.1 Å². The lowest BCUT2D eigenvalue weighted by atomic mass is 9.98. The smallest absolute Gasteiger partial charge is 0.114 e. The number of hydrogen-bond acceptors (Lipinski definition) is 4. The highest BCUT2D eigenvalue weighted by molar-refractivity contribution is 7.09. The van der Waals surface area contributed by atoms with Crippen LogP contribution in [0.5, 0.6) is 0 Å². The van der Waals surface area contributed by atoms with Gasteiger partial charge in [-0.15, -0.1) is 11.3 Å². The summed E-state index contributed by atoms with van der Waals surface area (Å²) in [4.78, 5) is 6.86. The highest BCUT2D eigenvalue weighted by Crippen LogP contribution is 2.33. The maximum atomic E-state index is 4.49. The van der Waals surface area contributed by atoms with E-state index in [-0.39, 0.29) is 5.54 Å². The lowest BCUT2D eigenvalue weighted by Gasteiger charge is -2.30. The molecule has 4 heteroatoms. The minimum Gasteiger partial charge on any atom is -0.304 e. The van der Waals surface area contributed by atoms with Crippen molar-refractivity contribution in [3.63, 3.8) is 0 Å². The maximum absolute atomic E-state index is 4.49. The summed E-state index contributed by atoms with van der Waals surface area (Å²) in [7, 11) is 2.18. The summed E-state index contributed by atoms with van der Waals surface area (Å²) in [6, 6.07) is 0.500. The molecule has 2 rings (SSSR count). The first-order valence-electron chi connectivity index (χ1n) is 5.49. The van der Waals surface area contributed by atoms with Crippen LogP contribution in [-0.2, 0) is 5.54 Å². The molecule has 3 nitrogen and oxygen atoms in total. The van der Waals surface area contributed by atoms with Crippen molar-refractivity contribution in [3.05, 3.63) is 16.6 Å². The van der Waals surface area contributed by atoms with Gasteiger partial charge in [0.2, 0.25) is 0 Å². The van der Waals surface area contributed by atoms with E-state index in [4.69, 9.17) is 0 Å². The van der Waals surface area contributed by atoms with Crippen LogP contribution in [0.15, 0.2) is 11.6 Å². The van der Waals surface area contributed by atoms with Crippen molar-refractivity contribution in [1.29, 1.82) is 0 Å². The van der Waals surface area contributed by atoms with Gasteiger partial charge in [-0.1, -0.05) is 0 Å². The number of likely N-dealkylation sites (N-methyl/N-ethyl adjacent to an activating group) is 1. The molecule has 1 fully saturated rings. The molecule has 15 heavy (non-hydrogen) atoms. The molecule has 0 aliphatic carbocycles. The fraction of sp³-hybridized carbons (Fsp3) is 0.727. The van der Waals surface area contributed by atoms with Gasteiger partial charge in [-0.05, 0) is 27.3 Å². The minimum absolute atomic E-state index is 0.0943. The fourth-order valence-electron chi connectivity index (χ4n) is 2.37. The zero-order valence-corrected chi connectivity index (χ0v) is 10.5. The molecule has 1 aromatic heterocycles. The number of nitrogens with one attached hydrogen (secondary N) is 1. The molecule has 0 bridgehead atoms. The Morgan fingerprint density at radius 3 is 2.87 bits per heavy atom. The Balaban J connectivity index is 2.24. The van der Waals surface area contributed by atoms with Crippen LogP contribution in [-0.4, -0.2) is 36.1 Å². The molecule has 0 spiro atoms. The zero-order valence-electron chi connectivity index (χ0n) is 9.66. The Morgan fingerprint density at radius 1 is 1.60 bits per heavy atom. The molecule has 0 aromatic carbocycles. The fourth-order valence-corrected chi connectivity index (χ4v) is 3.19. The van der Waals surface area contributed by atoms with E-state index in [1.54, 1.807) is 11.3 Å². The number of aromatic nitrogens is 1. The van der Waals surface area contributed by atoms with Gasteiger partial charge in [0.1, 0.15) is 5.01 Å². The van der Waals surface area contributed by atoms with Crippen LogP contribution in [0.1, 0.15) is 25.3 Å². The van der Waals surface area contributed by atoms with Gasteiger partial charge in [0.15, 0.2) is 0 Å². The summed E-state index contributed by atoms with van der Waals surface area (Å²) in [6.45, 7) is 6.62. The quantitative estimate of drug-likeness (QED) is 0.848. The van der Waals surface area contributed by atoms with Crippen LogP contribution in [0.3, 0.4) is 0 Å². The second-order valence-corrected chi connectivity index (χ2v) is 5.60. The first kappa shape index (κ1) is 11.0. The lowest BCUT2D eigenvalue weighted by molar-refractivity contribution is 0.294. The molecule has 2 heterocycles. The average Bonchev–Trinajstić information content (AvgIpc) is 2.74. The maximum Gasteiger partial charge on any atom is 0.114 e. The van der Waals surface area contributed by atoms with Gasteiger partial charge in [0.25, 0.3) is 0 Å². The van der Waals surface area contributed by atoms with E-state index in [0.717, 1.165) is 19.5 Å². The largest absolute Gasteiger partial charge is 0.304 e. The minimum atomic E-state index is 0.0943. The van der Waals surface area contributed by atoms with Crippen LogP contribution >= 0.6 is 11.3 Å². The van der Waals surface area contributed by atoms with Gasteiger partial charge in [0.05, 0.1) is 5.54 Å². The van der Waals surface area contributed by atoms with Crippen molar-refractivity contribution in [3.8, 4) is 0 Å². The van der Waals surface area contributed by atoms with Crippen LogP contribution < -0.4 is 5.32 Å². The van der Waals surface area contributed by atoms with Crippen LogP contribution in [0.4, 0.5) is 0 Å². The van der Waals surface area contributed by atoms with Gasteiger partial charge >= 0.3 is 0 Å². The van der Waals surface area contributed by atoms with Gasteiger partial charge in [-0.25, -0.2) is 4.98 Å². The predicted octanol–water partition coefficient (Wildman–Crippen LogP) is 1.67. The standard InChI is InChI=1S/C11H19N3S/c1-9(2)13-11(4-6-14(3)8-11)10-12-5-7-15-10/h5,7,9,13H,4,6,8H2,1-3H3. The topological polar surface area (TPSA) is 28.2 Å². The molecule has 1 aliphatic heterocycles. The molecule has 0 amide bonds. The van der Waals surface area contributed by atoms with Gasteiger partial charge in [0, 0.05) is 30.7 Å². The van der Waals surface area contributed by atoms with E-state index in [9.17, 15) is 0 Å². The van der Waals surface area contributed by atoms with Gasteiger partial charge < -0.3 is 10.2 Å². The van der Waals surface area contributed by atoms with E-state index < -0.39 is 0 Å². The molecule has 84 valence electrons. The molecule has 0 radical (unpaired) electrons. The van der Waals surface area contributed by atoms with Crippen LogP contribution in [0, 0.1) is 0 Å². The molecule has 0 saturated carbocycles. The SMILES string of the molecule is CC(C)NC1(c2nccs2)CCN(C)C1. The Hall–Kier alpha value is -0.450. The second kappa shape index (κ2) is 4.20. The normalized spacial score (nSPS) is 27.7. The second-order valence-electron chi connectivity index (χ2n) is 4.71. The first-order valence-corrected chi connectivity index (χ1v) is 6.36. The Kier molecular flexibility index (Phi) is 3.09. The predicted molar refractivity (Wildman–Crippen MR) is 64.2 cm³/mol. The third kappa shape index (κ3) is 2.22. The molecule has 1 atom stereocenters. The van der Waals surface area contributed by atoms with Crippen LogP contribution in [0.25, 0.3) is 0 Å². The lowest BCUT2D eigenvalue weighted by Crippen LogP contribution is -2.47. The van der Waals surface area contributed by atoms with Crippen molar-refractivity contribution in [2.45, 2.75) is 31.8 Å². The number of likely N-dealkylation sites (tertiary alicyclic amines) is 1. The van der Waals surface area contributed by atoms with E-state index in [1.807, 2.05) is 6.20 Å². The van der Waals surface area contributed by atoms with Crippen molar-refractivity contribution >= 4 is 11.3 Å². The molecule has 1 aliphatic rings. The summed E-state index contributed by atoms with van der Waals surface area (Å²) in [6.07, 6.45) is 3.07. The monoisotopic (exact) mass is 225 g/mol. The summed E-state index contributed by atoms with van der Waals surface area (Å²) in [5.41, 5.74) is 0.0943. The highest BCUT2D eigenvalue weighted by atomic mass is 32.1. The summed E-state index contributed by atoms with van der Waals surface area (Å²) in [5, 5.41) is 7.00. The number of thiazole rings is 1. The number of nitrogens with zero attached hydrogens (tertiary/aromatic N) is 2. The van der Waals surface area contributed by atoms with E-state index >= 15 is 0 Å². The molecular weight excluding hydrogens is 206 g/mol. The highest BCUT2D eigenvalue weighted by Gasteiger charge is 2.40. The summed E-state index contributed by atoms with van der Waals surface area (Å²) in [5.74, 6) is 0. The Morgan fingerprint density at radius 2 is 2.40 bits per heavy atom. The average molecular weight is 225 g/mol. The summed E-state index contributed by atoms with van der Waals surface area (Å²) < 4.78 is 0. The molecule has 1 aromatic rings. The van der Waals surface area contributed by atoms with Gasteiger partial charge in [-0.3, -0.25) is 0 Å². The third-order valence-corrected chi connectivity index (χ3v) is 3.84. The third-order valence-electron chi connectivity index (χ3n) is 2.87. The molecular formula is C11H19N3S. The number of rotatable bonds is 3. The van der Waals surface area contributed by atoms with Crippen molar-refractivity contribution in [2.24, 2.45) is 0 Å². The molecule has 1 N–H and O–H groups in total. The van der Waals surface area contributed by atoms with Gasteiger partial charge in [-0.2, -0.15) is 0 Å². The van der Waals surface area contributed by atoms with E-state index in [2.05, 4.69) is 41.5 Å².